The van der Waals surface area contributed by atoms with E-state index in [-0.39, 0.29) is 17.1 Å². The summed E-state index contributed by atoms with van der Waals surface area (Å²) in [5.41, 5.74) is 2.30. The molecule has 140 valence electrons. The minimum atomic E-state index is -0.329. The molecule has 27 heavy (non-hydrogen) atoms. The third-order valence-electron chi connectivity index (χ3n) is 5.38. The van der Waals surface area contributed by atoms with E-state index in [1.807, 2.05) is 6.07 Å². The molecule has 0 saturated carbocycles. The van der Waals surface area contributed by atoms with Crippen LogP contribution < -0.4 is 11.0 Å². The molecular formula is C20H23N5O2. The highest BCUT2D eigenvalue weighted by Crippen LogP contribution is 2.30. The van der Waals surface area contributed by atoms with Gasteiger partial charge in [-0.15, -0.1) is 0 Å². The van der Waals surface area contributed by atoms with E-state index in [0.29, 0.717) is 23.3 Å². The van der Waals surface area contributed by atoms with Gasteiger partial charge in [-0.3, -0.25) is 14.7 Å². The summed E-state index contributed by atoms with van der Waals surface area (Å²) in [4.78, 5) is 35.7. The summed E-state index contributed by atoms with van der Waals surface area (Å²) in [5, 5.41) is 3.05. The maximum absolute atomic E-state index is 12.6. The van der Waals surface area contributed by atoms with Gasteiger partial charge >= 0.3 is 5.69 Å². The van der Waals surface area contributed by atoms with Gasteiger partial charge in [0.1, 0.15) is 0 Å². The summed E-state index contributed by atoms with van der Waals surface area (Å²) >= 11 is 0. The Balaban J connectivity index is 1.44. The highest BCUT2D eigenvalue weighted by atomic mass is 16.2. The van der Waals surface area contributed by atoms with Crippen molar-refractivity contribution in [2.75, 3.05) is 13.1 Å². The smallest absolute Gasteiger partial charge is 0.325 e. The Morgan fingerprint density at radius 3 is 2.93 bits per heavy atom. The van der Waals surface area contributed by atoms with Crippen molar-refractivity contribution in [3.05, 3.63) is 64.2 Å². The van der Waals surface area contributed by atoms with Gasteiger partial charge in [-0.05, 0) is 37.9 Å². The first kappa shape index (κ1) is 17.5. The average Bonchev–Trinajstić information content (AvgIpc) is 3.22. The lowest BCUT2D eigenvalue weighted by Crippen LogP contribution is -2.49. The predicted molar refractivity (Wildman–Crippen MR) is 104 cm³/mol. The summed E-state index contributed by atoms with van der Waals surface area (Å²) in [5.74, 6) is -0.181. The van der Waals surface area contributed by atoms with E-state index in [0.717, 1.165) is 25.9 Å². The number of aromatic nitrogens is 3. The molecule has 3 heterocycles. The van der Waals surface area contributed by atoms with Crippen molar-refractivity contribution in [3.63, 3.8) is 0 Å². The van der Waals surface area contributed by atoms with Crippen LogP contribution in [0.4, 0.5) is 0 Å². The van der Waals surface area contributed by atoms with Gasteiger partial charge < -0.3 is 10.3 Å². The normalized spacial score (nSPS) is 20.2. The first-order valence-electron chi connectivity index (χ1n) is 9.19. The van der Waals surface area contributed by atoms with Crippen LogP contribution in [0.25, 0.3) is 11.2 Å². The minimum Gasteiger partial charge on any atom is -0.350 e. The summed E-state index contributed by atoms with van der Waals surface area (Å²) in [6.45, 7) is 4.68. The quantitative estimate of drug-likeness (QED) is 0.645. The third kappa shape index (κ3) is 3.64. The molecule has 1 unspecified atom stereocenters. The Bertz CT molecular complexity index is 1010. The lowest BCUT2D eigenvalue weighted by atomic mass is 9.98. The van der Waals surface area contributed by atoms with Crippen molar-refractivity contribution in [2.45, 2.75) is 31.8 Å². The maximum Gasteiger partial charge on any atom is 0.325 e. The molecule has 3 aromatic rings. The summed E-state index contributed by atoms with van der Waals surface area (Å²) in [7, 11) is 0. The Kier molecular flexibility index (Phi) is 4.53. The number of benzene rings is 1. The number of nitrogens with zero attached hydrogens (tertiary/aromatic N) is 2. The number of likely N-dealkylation sites (tertiary alicyclic amines) is 1. The number of fused-ring (bicyclic) bond motifs is 1. The molecule has 0 radical (unpaired) electrons. The summed E-state index contributed by atoms with van der Waals surface area (Å²) in [6.07, 6.45) is 3.65. The number of imidazole rings is 1. The second-order valence-corrected chi connectivity index (χ2v) is 7.39. The molecule has 1 atom stereocenters. The zero-order chi connectivity index (χ0) is 18.9. The van der Waals surface area contributed by atoms with Crippen LogP contribution in [0.15, 0.2) is 47.4 Å². The first-order valence-corrected chi connectivity index (χ1v) is 9.19. The Morgan fingerprint density at radius 2 is 2.11 bits per heavy atom. The zero-order valence-electron chi connectivity index (χ0n) is 15.3. The van der Waals surface area contributed by atoms with E-state index in [1.165, 1.54) is 11.8 Å². The molecule has 1 aliphatic heterocycles. The van der Waals surface area contributed by atoms with Gasteiger partial charge in [0.05, 0.1) is 11.1 Å². The molecule has 7 nitrogen and oxygen atoms in total. The third-order valence-corrected chi connectivity index (χ3v) is 5.38. The number of amides is 1. The monoisotopic (exact) mass is 365 g/mol. The molecule has 0 spiro atoms. The lowest BCUT2D eigenvalue weighted by Gasteiger charge is -2.35. The molecule has 4 rings (SSSR count). The predicted octanol–water partition coefficient (Wildman–Crippen LogP) is 2.04. The molecule has 1 amide bonds. The van der Waals surface area contributed by atoms with E-state index in [1.54, 1.807) is 6.07 Å². The zero-order valence-corrected chi connectivity index (χ0v) is 15.3. The molecule has 7 heteroatoms. The molecule has 1 aliphatic rings. The van der Waals surface area contributed by atoms with Crippen LogP contribution >= 0.6 is 0 Å². The van der Waals surface area contributed by atoms with Gasteiger partial charge in [-0.1, -0.05) is 30.3 Å². The van der Waals surface area contributed by atoms with Crippen LogP contribution in [0, 0.1) is 0 Å². The topological polar surface area (TPSA) is 93.9 Å². The number of H-pyrrole nitrogens is 2. The number of pyridine rings is 1. The SMILES string of the molecule is CC1(CNC(=O)c2cnc3[nH]c(=O)[nH]c3c2)CCCN1Cc1ccccc1. The number of aromatic amines is 2. The van der Waals surface area contributed by atoms with E-state index in [4.69, 9.17) is 0 Å². The number of hydrogen-bond donors (Lipinski definition) is 3. The van der Waals surface area contributed by atoms with Crippen molar-refractivity contribution in [1.29, 1.82) is 0 Å². The molecule has 2 aromatic heterocycles. The van der Waals surface area contributed by atoms with Crippen LogP contribution in [0.3, 0.4) is 0 Å². The molecule has 1 saturated heterocycles. The van der Waals surface area contributed by atoms with E-state index in [9.17, 15) is 9.59 Å². The van der Waals surface area contributed by atoms with Crippen molar-refractivity contribution in [2.24, 2.45) is 0 Å². The molecule has 1 aromatic carbocycles. The fraction of sp³-hybridized carbons (Fsp3) is 0.350. The van der Waals surface area contributed by atoms with Gasteiger partial charge in [-0.2, -0.15) is 0 Å². The van der Waals surface area contributed by atoms with Crippen LogP contribution in [0.2, 0.25) is 0 Å². The number of nitrogens with one attached hydrogen (secondary N) is 3. The Morgan fingerprint density at radius 1 is 1.30 bits per heavy atom. The Hall–Kier alpha value is -2.93. The standard InChI is InChI=1S/C20H23N5O2/c1-20(8-5-9-25(20)12-14-6-3-2-4-7-14)13-22-18(26)15-10-16-17(21-11-15)24-19(27)23-16/h2-4,6-7,10-11H,5,8-9,12-13H2,1H3,(H,22,26)(H2,21,23,24,27). The first-order chi connectivity index (χ1) is 13.0. The second-order valence-electron chi connectivity index (χ2n) is 7.39. The molecular weight excluding hydrogens is 342 g/mol. The second kappa shape index (κ2) is 7.00. The number of rotatable bonds is 5. The molecule has 3 N–H and O–H groups in total. The van der Waals surface area contributed by atoms with Crippen molar-refractivity contribution < 1.29 is 4.79 Å². The van der Waals surface area contributed by atoms with Crippen LogP contribution in [0.5, 0.6) is 0 Å². The van der Waals surface area contributed by atoms with Gasteiger partial charge in [0.15, 0.2) is 5.65 Å². The van der Waals surface area contributed by atoms with E-state index >= 15 is 0 Å². The van der Waals surface area contributed by atoms with E-state index in [2.05, 4.69) is 56.4 Å². The fourth-order valence-electron chi connectivity index (χ4n) is 3.77. The maximum atomic E-state index is 12.6. The van der Waals surface area contributed by atoms with Gasteiger partial charge in [0, 0.05) is 24.8 Å². The molecule has 0 bridgehead atoms. The highest BCUT2D eigenvalue weighted by Gasteiger charge is 2.36. The minimum absolute atomic E-state index is 0.0779. The largest absolute Gasteiger partial charge is 0.350 e. The van der Waals surface area contributed by atoms with Crippen molar-refractivity contribution in [1.82, 2.24) is 25.2 Å². The van der Waals surface area contributed by atoms with Crippen molar-refractivity contribution in [3.8, 4) is 0 Å². The van der Waals surface area contributed by atoms with Gasteiger partial charge in [0.2, 0.25) is 0 Å². The highest BCUT2D eigenvalue weighted by molar-refractivity contribution is 5.96. The average molecular weight is 365 g/mol. The fourth-order valence-corrected chi connectivity index (χ4v) is 3.77. The number of carbonyl (C=O) groups is 1. The summed E-state index contributed by atoms with van der Waals surface area (Å²) in [6, 6.07) is 12.0. The van der Waals surface area contributed by atoms with Gasteiger partial charge in [0.25, 0.3) is 5.91 Å². The van der Waals surface area contributed by atoms with Crippen LogP contribution in [-0.4, -0.2) is 44.4 Å². The van der Waals surface area contributed by atoms with Crippen molar-refractivity contribution >= 4 is 17.1 Å². The lowest BCUT2D eigenvalue weighted by molar-refractivity contribution is 0.0897. The number of hydrogen-bond acceptors (Lipinski definition) is 4. The number of carbonyl (C=O) groups excluding carboxylic acids is 1. The van der Waals surface area contributed by atoms with E-state index < -0.39 is 0 Å². The van der Waals surface area contributed by atoms with Crippen LogP contribution in [-0.2, 0) is 6.54 Å². The van der Waals surface area contributed by atoms with Crippen LogP contribution in [0.1, 0.15) is 35.7 Å². The molecule has 0 aliphatic carbocycles. The Labute approximate surface area is 156 Å². The molecule has 1 fully saturated rings. The van der Waals surface area contributed by atoms with Gasteiger partial charge in [-0.25, -0.2) is 9.78 Å². The summed E-state index contributed by atoms with van der Waals surface area (Å²) < 4.78 is 0.